The fraction of sp³-hybridized carbons (Fsp3) is 1.00. The van der Waals surface area contributed by atoms with Gasteiger partial charge in [-0.15, -0.1) is 23.2 Å². The molecule has 0 rings (SSSR count). The summed E-state index contributed by atoms with van der Waals surface area (Å²) in [6, 6.07) is 0. The second kappa shape index (κ2) is 5.46. The van der Waals surface area contributed by atoms with Crippen molar-refractivity contribution in [3.05, 3.63) is 0 Å². The molecule has 0 radical (unpaired) electrons. The maximum Gasteiger partial charge on any atom is 0.0310 e. The van der Waals surface area contributed by atoms with Crippen LogP contribution < -0.4 is 0 Å². The Morgan fingerprint density at radius 3 is 1.38 bits per heavy atom. The third-order valence-corrected chi connectivity index (χ3v) is 2.80. The van der Waals surface area contributed by atoms with Gasteiger partial charge in [0.15, 0.2) is 0 Å². The van der Waals surface area contributed by atoms with Crippen molar-refractivity contribution in [1.82, 2.24) is 0 Å². The van der Waals surface area contributed by atoms with Gasteiger partial charge in [0, 0.05) is 10.8 Å². The molecule has 0 amide bonds. The zero-order valence-corrected chi connectivity index (χ0v) is 10.9. The molecule has 0 heterocycles. The maximum atomic E-state index is 6.02. The van der Waals surface area contributed by atoms with Crippen LogP contribution in [-0.2, 0) is 0 Å². The van der Waals surface area contributed by atoms with E-state index >= 15 is 0 Å². The van der Waals surface area contributed by atoms with Gasteiger partial charge in [0.05, 0.1) is 0 Å². The van der Waals surface area contributed by atoms with Gasteiger partial charge in [-0.05, 0) is 38.0 Å². The lowest BCUT2D eigenvalue weighted by molar-refractivity contribution is 0.211. The molecule has 0 nitrogen and oxygen atoms in total. The first-order valence-electron chi connectivity index (χ1n) is 5.01. The molecule has 0 N–H and O–H groups in total. The third-order valence-electron chi connectivity index (χ3n) is 2.44. The molecule has 0 aromatic carbocycles. The standard InChI is InChI=1S/C11H22Cl2/c1-8(12)6-10(7-9(2)13)11(3,4)5/h8-10H,6-7H2,1-5H3. The fourth-order valence-electron chi connectivity index (χ4n) is 1.59. The Bertz CT molecular complexity index is 124. The lowest BCUT2D eigenvalue weighted by atomic mass is 9.75. The molecule has 0 saturated carbocycles. The Kier molecular flexibility index (Phi) is 5.70. The molecule has 13 heavy (non-hydrogen) atoms. The van der Waals surface area contributed by atoms with E-state index < -0.39 is 0 Å². The van der Waals surface area contributed by atoms with Crippen LogP contribution in [0, 0.1) is 11.3 Å². The molecule has 80 valence electrons. The van der Waals surface area contributed by atoms with Crippen LogP contribution in [0.4, 0.5) is 0 Å². The average molecular weight is 225 g/mol. The molecule has 0 aromatic heterocycles. The van der Waals surface area contributed by atoms with E-state index in [2.05, 4.69) is 34.6 Å². The van der Waals surface area contributed by atoms with Crippen LogP contribution >= 0.6 is 23.2 Å². The average Bonchev–Trinajstić information content (AvgIpc) is 1.81. The predicted octanol–water partition coefficient (Wildman–Crippen LogP) is 4.68. The topological polar surface area (TPSA) is 0 Å². The van der Waals surface area contributed by atoms with Crippen molar-refractivity contribution < 1.29 is 0 Å². The van der Waals surface area contributed by atoms with E-state index in [-0.39, 0.29) is 10.8 Å². The van der Waals surface area contributed by atoms with Gasteiger partial charge in [-0.2, -0.15) is 0 Å². The van der Waals surface area contributed by atoms with Gasteiger partial charge in [0.2, 0.25) is 0 Å². The van der Waals surface area contributed by atoms with E-state index in [9.17, 15) is 0 Å². The Morgan fingerprint density at radius 1 is 0.923 bits per heavy atom. The largest absolute Gasteiger partial charge is 0.123 e. The number of hydrogen-bond acceptors (Lipinski definition) is 0. The highest BCUT2D eigenvalue weighted by atomic mass is 35.5. The van der Waals surface area contributed by atoms with E-state index in [0.717, 1.165) is 12.8 Å². The van der Waals surface area contributed by atoms with Crippen LogP contribution in [0.3, 0.4) is 0 Å². The van der Waals surface area contributed by atoms with Crippen molar-refractivity contribution in [2.45, 2.75) is 58.2 Å². The van der Waals surface area contributed by atoms with Crippen LogP contribution in [0.25, 0.3) is 0 Å². The van der Waals surface area contributed by atoms with Gasteiger partial charge >= 0.3 is 0 Å². The van der Waals surface area contributed by atoms with E-state index in [1.165, 1.54) is 0 Å². The van der Waals surface area contributed by atoms with Gasteiger partial charge in [0.25, 0.3) is 0 Å². The minimum absolute atomic E-state index is 0.250. The normalized spacial score (nSPS) is 19.6. The van der Waals surface area contributed by atoms with E-state index in [4.69, 9.17) is 23.2 Å². The smallest absolute Gasteiger partial charge is 0.0310 e. The first-order chi connectivity index (χ1) is 5.73. The van der Waals surface area contributed by atoms with Crippen LogP contribution in [-0.4, -0.2) is 10.8 Å². The third kappa shape index (κ3) is 6.62. The van der Waals surface area contributed by atoms with Crippen LogP contribution in [0.5, 0.6) is 0 Å². The second-order valence-corrected chi connectivity index (χ2v) is 6.59. The molecule has 0 fully saturated rings. The van der Waals surface area contributed by atoms with Crippen LogP contribution in [0.15, 0.2) is 0 Å². The molecule has 0 aliphatic carbocycles. The van der Waals surface area contributed by atoms with Crippen LogP contribution in [0.1, 0.15) is 47.5 Å². The molecular formula is C11H22Cl2. The highest BCUT2D eigenvalue weighted by Gasteiger charge is 2.26. The Balaban J connectivity index is 4.20. The molecule has 2 atom stereocenters. The number of rotatable bonds is 4. The lowest BCUT2D eigenvalue weighted by Gasteiger charge is -2.32. The van der Waals surface area contributed by atoms with E-state index in [1.54, 1.807) is 0 Å². The molecular weight excluding hydrogens is 203 g/mol. The van der Waals surface area contributed by atoms with Gasteiger partial charge in [-0.25, -0.2) is 0 Å². The summed E-state index contributed by atoms with van der Waals surface area (Å²) in [7, 11) is 0. The number of hydrogen-bond donors (Lipinski definition) is 0. The molecule has 0 saturated heterocycles. The predicted molar refractivity (Wildman–Crippen MR) is 62.8 cm³/mol. The van der Waals surface area contributed by atoms with Gasteiger partial charge in [-0.3, -0.25) is 0 Å². The summed E-state index contributed by atoms with van der Waals surface area (Å²) >= 11 is 12.0. The van der Waals surface area contributed by atoms with Gasteiger partial charge in [-0.1, -0.05) is 20.8 Å². The quantitative estimate of drug-likeness (QED) is 0.609. The molecule has 2 unspecified atom stereocenters. The molecule has 0 aliphatic rings. The fourth-order valence-corrected chi connectivity index (χ4v) is 2.02. The molecule has 0 aromatic rings. The molecule has 2 heteroatoms. The van der Waals surface area contributed by atoms with E-state index in [0.29, 0.717) is 11.3 Å². The lowest BCUT2D eigenvalue weighted by Crippen LogP contribution is -2.25. The Hall–Kier alpha value is 0.580. The van der Waals surface area contributed by atoms with Gasteiger partial charge < -0.3 is 0 Å². The van der Waals surface area contributed by atoms with Crippen molar-refractivity contribution in [3.8, 4) is 0 Å². The summed E-state index contributed by atoms with van der Waals surface area (Å²) in [5.41, 5.74) is 0.312. The molecule has 0 bridgehead atoms. The first kappa shape index (κ1) is 13.6. The summed E-state index contributed by atoms with van der Waals surface area (Å²) in [6.45, 7) is 10.9. The summed E-state index contributed by atoms with van der Waals surface area (Å²) in [6.07, 6.45) is 2.12. The summed E-state index contributed by atoms with van der Waals surface area (Å²) in [5.74, 6) is 0.618. The highest BCUT2D eigenvalue weighted by Crippen LogP contribution is 2.35. The summed E-state index contributed by atoms with van der Waals surface area (Å²) in [4.78, 5) is 0. The second-order valence-electron chi connectivity index (χ2n) is 5.10. The monoisotopic (exact) mass is 224 g/mol. The van der Waals surface area contributed by atoms with Crippen molar-refractivity contribution in [2.24, 2.45) is 11.3 Å². The highest BCUT2D eigenvalue weighted by molar-refractivity contribution is 6.20. The molecule has 0 aliphatic heterocycles. The first-order valence-corrected chi connectivity index (χ1v) is 5.89. The Labute approximate surface area is 93.0 Å². The van der Waals surface area contributed by atoms with Crippen molar-refractivity contribution >= 4 is 23.2 Å². The maximum absolute atomic E-state index is 6.02. The number of halogens is 2. The van der Waals surface area contributed by atoms with Gasteiger partial charge in [0.1, 0.15) is 0 Å². The van der Waals surface area contributed by atoms with E-state index in [1.807, 2.05) is 0 Å². The number of alkyl halides is 2. The molecule has 0 spiro atoms. The minimum atomic E-state index is 0.250. The summed E-state index contributed by atoms with van der Waals surface area (Å²) < 4.78 is 0. The summed E-state index contributed by atoms with van der Waals surface area (Å²) in [5, 5.41) is 0.499. The van der Waals surface area contributed by atoms with Crippen molar-refractivity contribution in [3.63, 3.8) is 0 Å². The van der Waals surface area contributed by atoms with Crippen molar-refractivity contribution in [2.75, 3.05) is 0 Å². The zero-order chi connectivity index (χ0) is 10.6. The zero-order valence-electron chi connectivity index (χ0n) is 9.40. The van der Waals surface area contributed by atoms with Crippen LogP contribution in [0.2, 0.25) is 0 Å². The minimum Gasteiger partial charge on any atom is -0.123 e. The SMILES string of the molecule is CC(Cl)CC(CC(C)Cl)C(C)(C)C. The van der Waals surface area contributed by atoms with Crippen molar-refractivity contribution in [1.29, 1.82) is 0 Å². The Morgan fingerprint density at radius 2 is 1.23 bits per heavy atom.